The summed E-state index contributed by atoms with van der Waals surface area (Å²) in [5.74, 6) is -0.0392. The van der Waals surface area contributed by atoms with E-state index < -0.39 is 5.60 Å². The molecule has 0 bridgehead atoms. The number of nitrogens with one attached hydrogen (secondary N) is 2. The lowest BCUT2D eigenvalue weighted by atomic mass is 10.1. The van der Waals surface area contributed by atoms with E-state index in [2.05, 4.69) is 10.6 Å². The molecule has 120 valence electrons. The summed E-state index contributed by atoms with van der Waals surface area (Å²) in [5.41, 5.74) is 0.135. The topological polar surface area (TPSA) is 67.4 Å². The van der Waals surface area contributed by atoms with Crippen LogP contribution in [0.4, 0.5) is 0 Å². The highest BCUT2D eigenvalue weighted by atomic mass is 16.5. The Hall–Kier alpha value is -1.88. The number of carbonyl (C=O) groups excluding carboxylic acids is 2. The van der Waals surface area contributed by atoms with Gasteiger partial charge in [-0.15, -0.1) is 0 Å². The highest BCUT2D eigenvalue weighted by Gasteiger charge is 2.30. The van der Waals surface area contributed by atoms with E-state index in [9.17, 15) is 9.59 Å². The molecular weight excluding hydrogens is 280 g/mol. The third-order valence-corrected chi connectivity index (χ3v) is 4.03. The maximum atomic E-state index is 12.2. The standard InChI is InChI=1S/C17H24N2O3/c1-17(2,22-12-20)11-18-14-9-6-10-15(14)19-16(21)13-7-4-3-5-8-13/h3-5,7-8,12,14-15,18H,6,9-11H2,1-2H3,(H,19,21)/t14-,15-/m0/s1. The van der Waals surface area contributed by atoms with E-state index >= 15 is 0 Å². The molecule has 0 radical (unpaired) electrons. The summed E-state index contributed by atoms with van der Waals surface area (Å²) < 4.78 is 5.04. The summed E-state index contributed by atoms with van der Waals surface area (Å²) in [4.78, 5) is 22.7. The molecule has 2 atom stereocenters. The first-order chi connectivity index (χ1) is 10.5. The van der Waals surface area contributed by atoms with Crippen LogP contribution in [-0.4, -0.2) is 36.6 Å². The van der Waals surface area contributed by atoms with Gasteiger partial charge in [-0.3, -0.25) is 9.59 Å². The second-order valence-corrected chi connectivity index (χ2v) is 6.34. The van der Waals surface area contributed by atoms with Crippen LogP contribution in [0.2, 0.25) is 0 Å². The van der Waals surface area contributed by atoms with E-state index in [0.29, 0.717) is 18.6 Å². The highest BCUT2D eigenvalue weighted by Crippen LogP contribution is 2.20. The highest BCUT2D eigenvalue weighted by molar-refractivity contribution is 5.94. The molecule has 0 saturated heterocycles. The molecule has 0 heterocycles. The van der Waals surface area contributed by atoms with Crippen LogP contribution in [0.1, 0.15) is 43.5 Å². The third kappa shape index (κ3) is 4.56. The van der Waals surface area contributed by atoms with Gasteiger partial charge in [0.15, 0.2) is 0 Å². The Morgan fingerprint density at radius 3 is 2.64 bits per heavy atom. The minimum atomic E-state index is -0.543. The van der Waals surface area contributed by atoms with E-state index in [-0.39, 0.29) is 18.0 Å². The van der Waals surface area contributed by atoms with Crippen molar-refractivity contribution in [2.75, 3.05) is 6.54 Å². The molecular formula is C17H24N2O3. The zero-order valence-electron chi connectivity index (χ0n) is 13.2. The number of carbonyl (C=O) groups is 2. The second-order valence-electron chi connectivity index (χ2n) is 6.34. The molecule has 0 unspecified atom stereocenters. The number of ether oxygens (including phenoxy) is 1. The van der Waals surface area contributed by atoms with Crippen molar-refractivity contribution in [2.45, 2.75) is 50.8 Å². The first-order valence-corrected chi connectivity index (χ1v) is 7.72. The van der Waals surface area contributed by atoms with Gasteiger partial charge in [-0.1, -0.05) is 18.2 Å². The SMILES string of the molecule is CC(C)(CN[C@H]1CCC[C@@H]1NC(=O)c1ccccc1)OC=O. The van der Waals surface area contributed by atoms with Gasteiger partial charge in [0.25, 0.3) is 12.4 Å². The van der Waals surface area contributed by atoms with Crippen LogP contribution in [0.5, 0.6) is 0 Å². The van der Waals surface area contributed by atoms with Crippen LogP contribution in [-0.2, 0) is 9.53 Å². The molecule has 0 spiro atoms. The monoisotopic (exact) mass is 304 g/mol. The number of rotatable bonds is 7. The lowest BCUT2D eigenvalue weighted by Crippen LogP contribution is -2.50. The van der Waals surface area contributed by atoms with E-state index in [1.54, 1.807) is 0 Å². The lowest BCUT2D eigenvalue weighted by Gasteiger charge is -2.28. The summed E-state index contributed by atoms with van der Waals surface area (Å²) in [6.07, 6.45) is 3.05. The van der Waals surface area contributed by atoms with Gasteiger partial charge in [-0.05, 0) is 45.2 Å². The fraction of sp³-hybridized carbons (Fsp3) is 0.529. The Morgan fingerprint density at radius 2 is 1.95 bits per heavy atom. The molecule has 2 rings (SSSR count). The fourth-order valence-corrected chi connectivity index (χ4v) is 2.77. The van der Waals surface area contributed by atoms with Crippen LogP contribution in [0.15, 0.2) is 30.3 Å². The molecule has 1 fully saturated rings. The Labute approximate surface area is 131 Å². The summed E-state index contributed by atoms with van der Waals surface area (Å²) in [7, 11) is 0. The van der Waals surface area contributed by atoms with Gasteiger partial charge in [-0.25, -0.2) is 0 Å². The van der Waals surface area contributed by atoms with Crippen molar-refractivity contribution in [3.63, 3.8) is 0 Å². The van der Waals surface area contributed by atoms with Crippen LogP contribution in [0.3, 0.4) is 0 Å². The van der Waals surface area contributed by atoms with Crippen molar-refractivity contribution in [1.82, 2.24) is 10.6 Å². The van der Waals surface area contributed by atoms with Crippen molar-refractivity contribution in [1.29, 1.82) is 0 Å². The molecule has 0 aromatic heterocycles. The fourth-order valence-electron chi connectivity index (χ4n) is 2.77. The quantitative estimate of drug-likeness (QED) is 0.755. The maximum Gasteiger partial charge on any atom is 0.293 e. The molecule has 5 heteroatoms. The molecule has 1 aliphatic carbocycles. The van der Waals surface area contributed by atoms with Gasteiger partial charge in [0.05, 0.1) is 0 Å². The van der Waals surface area contributed by atoms with Crippen molar-refractivity contribution in [2.24, 2.45) is 0 Å². The number of benzene rings is 1. The van der Waals surface area contributed by atoms with Gasteiger partial charge in [0.2, 0.25) is 0 Å². The Bertz CT molecular complexity index is 502. The zero-order valence-corrected chi connectivity index (χ0v) is 13.2. The molecule has 5 nitrogen and oxygen atoms in total. The maximum absolute atomic E-state index is 12.2. The van der Waals surface area contributed by atoms with Gasteiger partial charge in [0, 0.05) is 24.2 Å². The van der Waals surface area contributed by atoms with Gasteiger partial charge in [0.1, 0.15) is 5.60 Å². The lowest BCUT2D eigenvalue weighted by molar-refractivity contribution is -0.140. The first-order valence-electron chi connectivity index (χ1n) is 7.72. The minimum Gasteiger partial charge on any atom is -0.461 e. The van der Waals surface area contributed by atoms with Crippen molar-refractivity contribution in [3.05, 3.63) is 35.9 Å². The molecule has 0 aliphatic heterocycles. The number of hydrogen-bond acceptors (Lipinski definition) is 4. The van der Waals surface area contributed by atoms with E-state index in [1.165, 1.54) is 0 Å². The average Bonchev–Trinajstić information content (AvgIpc) is 2.93. The van der Waals surface area contributed by atoms with Crippen LogP contribution in [0, 0.1) is 0 Å². The molecule has 1 aromatic rings. The first kappa shape index (κ1) is 16.5. The van der Waals surface area contributed by atoms with E-state index in [4.69, 9.17) is 4.74 Å². The largest absolute Gasteiger partial charge is 0.461 e. The van der Waals surface area contributed by atoms with Crippen LogP contribution < -0.4 is 10.6 Å². The van der Waals surface area contributed by atoms with Crippen molar-refractivity contribution >= 4 is 12.4 Å². The molecule has 1 amide bonds. The summed E-state index contributed by atoms with van der Waals surface area (Å²) in [5, 5.41) is 6.52. The summed E-state index contributed by atoms with van der Waals surface area (Å²) >= 11 is 0. The molecule has 1 saturated carbocycles. The van der Waals surface area contributed by atoms with Gasteiger partial charge >= 0.3 is 0 Å². The number of amides is 1. The molecule has 1 aromatic carbocycles. The smallest absolute Gasteiger partial charge is 0.293 e. The normalized spacial score (nSPS) is 21.4. The molecule has 1 aliphatic rings. The molecule has 22 heavy (non-hydrogen) atoms. The second kappa shape index (κ2) is 7.40. The van der Waals surface area contributed by atoms with Crippen LogP contribution in [0.25, 0.3) is 0 Å². The summed E-state index contributed by atoms with van der Waals surface area (Å²) in [6, 6.07) is 9.56. The van der Waals surface area contributed by atoms with Crippen LogP contribution >= 0.6 is 0 Å². The number of hydrogen-bond donors (Lipinski definition) is 2. The van der Waals surface area contributed by atoms with Gasteiger partial charge < -0.3 is 15.4 Å². The Morgan fingerprint density at radius 1 is 1.27 bits per heavy atom. The minimum absolute atomic E-state index is 0.0392. The van der Waals surface area contributed by atoms with E-state index in [0.717, 1.165) is 19.3 Å². The van der Waals surface area contributed by atoms with Crippen molar-refractivity contribution in [3.8, 4) is 0 Å². The van der Waals surface area contributed by atoms with Crippen molar-refractivity contribution < 1.29 is 14.3 Å². The zero-order chi connectivity index (χ0) is 16.0. The third-order valence-electron chi connectivity index (χ3n) is 4.03. The summed E-state index contributed by atoms with van der Waals surface area (Å²) in [6.45, 7) is 4.76. The average molecular weight is 304 g/mol. The van der Waals surface area contributed by atoms with E-state index in [1.807, 2.05) is 44.2 Å². The Balaban J connectivity index is 1.88. The molecule has 2 N–H and O–H groups in total. The predicted molar refractivity (Wildman–Crippen MR) is 84.6 cm³/mol. The Kier molecular flexibility index (Phi) is 5.55. The van der Waals surface area contributed by atoms with Gasteiger partial charge in [-0.2, -0.15) is 0 Å². The predicted octanol–water partition coefficient (Wildman–Crippen LogP) is 1.88.